The van der Waals surface area contributed by atoms with Crippen molar-refractivity contribution in [3.63, 3.8) is 0 Å². The van der Waals surface area contributed by atoms with Crippen LogP contribution in [0.5, 0.6) is 0 Å². The number of nitrogens with one attached hydrogen (secondary N) is 1. The number of carbonyl (C=O) groups is 1. The van der Waals surface area contributed by atoms with Gasteiger partial charge in [0.05, 0.1) is 12.1 Å². The average molecular weight is 301 g/mol. The number of amides is 1. The van der Waals surface area contributed by atoms with Crippen LogP contribution in [0, 0.1) is 0 Å². The lowest BCUT2D eigenvalue weighted by atomic mass is 10.0. The number of rotatable bonds is 7. The van der Waals surface area contributed by atoms with Crippen molar-refractivity contribution in [2.75, 3.05) is 12.0 Å². The molecule has 0 bridgehead atoms. The van der Waals surface area contributed by atoms with Gasteiger partial charge in [0.2, 0.25) is 5.91 Å². The van der Waals surface area contributed by atoms with E-state index < -0.39 is 6.04 Å². The number of hydrogen-bond donors (Lipinski definition) is 2. The van der Waals surface area contributed by atoms with Crippen LogP contribution in [0.15, 0.2) is 24.3 Å². The van der Waals surface area contributed by atoms with Crippen LogP contribution in [0.2, 0.25) is 5.02 Å². The van der Waals surface area contributed by atoms with E-state index in [1.54, 1.807) is 11.8 Å². The fourth-order valence-corrected chi connectivity index (χ4v) is 2.39. The standard InChI is InChI=1S/C14H21ClN2OS/c1-3-13(10-4-6-11(15)7-5-10)17-14(18)12(16)8-9-19-2/h4-7,12-13H,3,8-9,16H2,1-2H3,(H,17,18)/t12-,13?/m1/s1. The first-order chi connectivity index (χ1) is 9.08. The van der Waals surface area contributed by atoms with Gasteiger partial charge < -0.3 is 11.1 Å². The number of carbonyl (C=O) groups excluding carboxylic acids is 1. The fraction of sp³-hybridized carbons (Fsp3) is 0.500. The summed E-state index contributed by atoms with van der Waals surface area (Å²) in [6, 6.07) is 7.09. The minimum atomic E-state index is -0.436. The third-order valence-electron chi connectivity index (χ3n) is 2.97. The number of hydrogen-bond acceptors (Lipinski definition) is 3. The van der Waals surface area contributed by atoms with E-state index in [9.17, 15) is 4.79 Å². The van der Waals surface area contributed by atoms with Crippen LogP contribution < -0.4 is 11.1 Å². The van der Waals surface area contributed by atoms with Gasteiger partial charge in [0.15, 0.2) is 0 Å². The van der Waals surface area contributed by atoms with Gasteiger partial charge in [-0.3, -0.25) is 4.79 Å². The molecule has 5 heteroatoms. The highest BCUT2D eigenvalue weighted by Gasteiger charge is 2.17. The molecule has 0 aromatic heterocycles. The van der Waals surface area contributed by atoms with Crippen molar-refractivity contribution in [3.8, 4) is 0 Å². The topological polar surface area (TPSA) is 55.1 Å². The fourth-order valence-electron chi connectivity index (χ4n) is 1.77. The minimum Gasteiger partial charge on any atom is -0.348 e. The zero-order chi connectivity index (χ0) is 14.3. The molecular formula is C14H21ClN2OS. The predicted octanol–water partition coefficient (Wildman–Crippen LogP) is 2.99. The lowest BCUT2D eigenvalue weighted by Gasteiger charge is -2.20. The summed E-state index contributed by atoms with van der Waals surface area (Å²) < 4.78 is 0. The summed E-state index contributed by atoms with van der Waals surface area (Å²) in [5.41, 5.74) is 6.92. The average Bonchev–Trinajstić information content (AvgIpc) is 2.42. The maximum atomic E-state index is 12.0. The minimum absolute atomic E-state index is 0.00917. The molecular weight excluding hydrogens is 280 g/mol. The molecule has 1 amide bonds. The molecule has 1 unspecified atom stereocenters. The molecule has 3 nitrogen and oxygen atoms in total. The zero-order valence-corrected chi connectivity index (χ0v) is 12.9. The van der Waals surface area contributed by atoms with Crippen LogP contribution in [0.4, 0.5) is 0 Å². The van der Waals surface area contributed by atoms with E-state index in [1.807, 2.05) is 37.4 Å². The van der Waals surface area contributed by atoms with Crippen LogP contribution in [-0.2, 0) is 4.79 Å². The van der Waals surface area contributed by atoms with Crippen molar-refractivity contribution >= 4 is 29.3 Å². The van der Waals surface area contributed by atoms with Gasteiger partial charge in [0.25, 0.3) is 0 Å². The highest BCUT2D eigenvalue weighted by atomic mass is 35.5. The van der Waals surface area contributed by atoms with Crippen molar-refractivity contribution in [1.82, 2.24) is 5.32 Å². The van der Waals surface area contributed by atoms with Crippen LogP contribution >= 0.6 is 23.4 Å². The van der Waals surface area contributed by atoms with Gasteiger partial charge in [-0.15, -0.1) is 0 Å². The molecule has 3 N–H and O–H groups in total. The lowest BCUT2D eigenvalue weighted by molar-refractivity contribution is -0.123. The molecule has 0 heterocycles. The summed E-state index contributed by atoms with van der Waals surface area (Å²) in [5.74, 6) is 0.808. The second-order valence-electron chi connectivity index (χ2n) is 4.41. The van der Waals surface area contributed by atoms with Crippen molar-refractivity contribution in [3.05, 3.63) is 34.9 Å². The molecule has 1 aromatic rings. The predicted molar refractivity (Wildman–Crippen MR) is 83.6 cm³/mol. The first-order valence-corrected chi connectivity index (χ1v) is 8.16. The number of benzene rings is 1. The van der Waals surface area contributed by atoms with Gasteiger partial charge in [-0.25, -0.2) is 0 Å². The summed E-state index contributed by atoms with van der Waals surface area (Å²) in [5, 5.41) is 3.69. The Balaban J connectivity index is 2.61. The summed E-state index contributed by atoms with van der Waals surface area (Å²) in [7, 11) is 0. The summed E-state index contributed by atoms with van der Waals surface area (Å²) in [6.45, 7) is 2.03. The maximum absolute atomic E-state index is 12.0. The van der Waals surface area contributed by atoms with E-state index in [4.69, 9.17) is 17.3 Å². The van der Waals surface area contributed by atoms with Gasteiger partial charge >= 0.3 is 0 Å². The van der Waals surface area contributed by atoms with Gasteiger partial charge in [-0.05, 0) is 42.5 Å². The summed E-state index contributed by atoms with van der Waals surface area (Å²) >= 11 is 7.56. The Hall–Kier alpha value is -0.710. The Kier molecular flexibility index (Phi) is 7.28. The van der Waals surface area contributed by atoms with Crippen molar-refractivity contribution in [1.29, 1.82) is 0 Å². The van der Waals surface area contributed by atoms with E-state index in [1.165, 1.54) is 0 Å². The largest absolute Gasteiger partial charge is 0.348 e. The molecule has 106 valence electrons. The maximum Gasteiger partial charge on any atom is 0.237 e. The van der Waals surface area contributed by atoms with Gasteiger partial charge in [-0.1, -0.05) is 30.7 Å². The molecule has 1 aromatic carbocycles. The van der Waals surface area contributed by atoms with E-state index in [-0.39, 0.29) is 11.9 Å². The summed E-state index contributed by atoms with van der Waals surface area (Å²) in [4.78, 5) is 12.0. The lowest BCUT2D eigenvalue weighted by Crippen LogP contribution is -2.42. The molecule has 0 saturated carbocycles. The molecule has 0 aliphatic heterocycles. The Morgan fingerprint density at radius 3 is 2.58 bits per heavy atom. The molecule has 0 aliphatic carbocycles. The van der Waals surface area contributed by atoms with Crippen LogP contribution in [-0.4, -0.2) is 24.0 Å². The number of thioether (sulfide) groups is 1. The Morgan fingerprint density at radius 2 is 2.05 bits per heavy atom. The molecule has 0 aliphatic rings. The third kappa shape index (κ3) is 5.43. The molecule has 19 heavy (non-hydrogen) atoms. The van der Waals surface area contributed by atoms with Gasteiger partial charge in [0, 0.05) is 5.02 Å². The highest BCUT2D eigenvalue weighted by Crippen LogP contribution is 2.19. The molecule has 0 radical (unpaired) electrons. The van der Waals surface area contributed by atoms with Crippen molar-refractivity contribution < 1.29 is 4.79 Å². The van der Waals surface area contributed by atoms with E-state index >= 15 is 0 Å². The third-order valence-corrected chi connectivity index (χ3v) is 3.86. The normalized spacial score (nSPS) is 13.9. The SMILES string of the molecule is CCC(NC(=O)[C@H](N)CCSC)c1ccc(Cl)cc1. The quantitative estimate of drug-likeness (QED) is 0.814. The van der Waals surface area contributed by atoms with Crippen molar-refractivity contribution in [2.24, 2.45) is 5.73 Å². The second-order valence-corrected chi connectivity index (χ2v) is 5.83. The van der Waals surface area contributed by atoms with Crippen LogP contribution in [0.3, 0.4) is 0 Å². The Morgan fingerprint density at radius 1 is 1.42 bits per heavy atom. The Labute approximate surface area is 124 Å². The number of nitrogens with two attached hydrogens (primary N) is 1. The van der Waals surface area contributed by atoms with Crippen LogP contribution in [0.1, 0.15) is 31.4 Å². The van der Waals surface area contributed by atoms with Gasteiger partial charge in [-0.2, -0.15) is 11.8 Å². The Bertz CT molecular complexity index is 397. The van der Waals surface area contributed by atoms with E-state index in [0.29, 0.717) is 11.4 Å². The first kappa shape index (κ1) is 16.3. The summed E-state index contributed by atoms with van der Waals surface area (Å²) in [6.07, 6.45) is 3.53. The molecule has 0 fully saturated rings. The second kappa shape index (κ2) is 8.46. The highest BCUT2D eigenvalue weighted by molar-refractivity contribution is 7.98. The zero-order valence-electron chi connectivity index (χ0n) is 11.4. The van der Waals surface area contributed by atoms with Crippen LogP contribution in [0.25, 0.3) is 0 Å². The van der Waals surface area contributed by atoms with E-state index in [2.05, 4.69) is 5.32 Å². The molecule has 2 atom stereocenters. The molecule has 1 rings (SSSR count). The van der Waals surface area contributed by atoms with Crippen molar-refractivity contribution in [2.45, 2.75) is 31.8 Å². The smallest absolute Gasteiger partial charge is 0.237 e. The van der Waals surface area contributed by atoms with Gasteiger partial charge in [0.1, 0.15) is 0 Å². The monoisotopic (exact) mass is 300 g/mol. The first-order valence-electron chi connectivity index (χ1n) is 6.38. The number of halogens is 1. The molecule has 0 saturated heterocycles. The molecule has 0 spiro atoms. The van der Waals surface area contributed by atoms with E-state index in [0.717, 1.165) is 17.7 Å².